The lowest BCUT2D eigenvalue weighted by Crippen LogP contribution is -2.43. The molecule has 0 aliphatic carbocycles. The molecule has 120 valence electrons. The van der Waals surface area contributed by atoms with Crippen molar-refractivity contribution in [1.29, 1.82) is 0 Å². The van der Waals surface area contributed by atoms with Crippen molar-refractivity contribution in [2.45, 2.75) is 12.5 Å². The van der Waals surface area contributed by atoms with E-state index in [1.54, 1.807) is 6.07 Å². The van der Waals surface area contributed by atoms with E-state index < -0.39 is 0 Å². The monoisotopic (exact) mass is 314 g/mol. The summed E-state index contributed by atoms with van der Waals surface area (Å²) in [6.07, 6.45) is 0.365. The Balaban J connectivity index is 1.66. The summed E-state index contributed by atoms with van der Waals surface area (Å²) in [5.74, 6) is -0.343. The van der Waals surface area contributed by atoms with Crippen LogP contribution in [0.15, 0.2) is 48.5 Å². The Labute approximate surface area is 134 Å². The van der Waals surface area contributed by atoms with Crippen LogP contribution in [-0.2, 0) is 9.53 Å². The molecule has 0 aromatic heterocycles. The Morgan fingerprint density at radius 1 is 1.22 bits per heavy atom. The molecule has 0 spiro atoms. The van der Waals surface area contributed by atoms with Gasteiger partial charge in [-0.15, -0.1) is 0 Å². The number of anilines is 1. The second kappa shape index (κ2) is 7.35. The summed E-state index contributed by atoms with van der Waals surface area (Å²) in [6, 6.07) is 13.9. The third-order valence-electron chi connectivity index (χ3n) is 3.73. The third-order valence-corrected chi connectivity index (χ3v) is 3.73. The first-order chi connectivity index (χ1) is 11.2. The summed E-state index contributed by atoms with van der Waals surface area (Å²) in [4.78, 5) is 12.1. The molecule has 1 fully saturated rings. The number of amides is 1. The van der Waals surface area contributed by atoms with Crippen molar-refractivity contribution in [2.24, 2.45) is 0 Å². The first-order valence-corrected chi connectivity index (χ1v) is 7.68. The highest BCUT2D eigenvalue weighted by atomic mass is 19.1. The summed E-state index contributed by atoms with van der Waals surface area (Å²) in [5.41, 5.74) is 2.35. The fraction of sp³-hybridized carbons (Fsp3) is 0.278. The minimum Gasteiger partial charge on any atom is -0.378 e. The third kappa shape index (κ3) is 4.37. The standard InChI is InChI=1S/C18H19FN2O2/c19-15-5-1-3-13(9-15)14-4-2-6-16(10-14)21-18(22)11-17-12-23-8-7-20-17/h1-6,9-10,17,20H,7-8,11-12H2,(H,21,22)/t17-/m0/s1. The lowest BCUT2D eigenvalue weighted by molar-refractivity contribution is -0.117. The normalized spacial score (nSPS) is 17.7. The van der Waals surface area contributed by atoms with Gasteiger partial charge in [-0.2, -0.15) is 0 Å². The van der Waals surface area contributed by atoms with Crippen LogP contribution in [0.4, 0.5) is 10.1 Å². The van der Waals surface area contributed by atoms with Crippen molar-refractivity contribution in [1.82, 2.24) is 5.32 Å². The Bertz CT molecular complexity index is 684. The highest BCUT2D eigenvalue weighted by molar-refractivity contribution is 5.91. The van der Waals surface area contributed by atoms with Gasteiger partial charge in [-0.1, -0.05) is 24.3 Å². The second-order valence-corrected chi connectivity index (χ2v) is 5.57. The van der Waals surface area contributed by atoms with Gasteiger partial charge in [0.25, 0.3) is 0 Å². The highest BCUT2D eigenvalue weighted by Crippen LogP contribution is 2.23. The number of ether oxygens (including phenoxy) is 1. The Morgan fingerprint density at radius 3 is 2.74 bits per heavy atom. The fourth-order valence-corrected chi connectivity index (χ4v) is 2.63. The predicted octanol–water partition coefficient (Wildman–Crippen LogP) is 2.81. The van der Waals surface area contributed by atoms with Gasteiger partial charge in [0.2, 0.25) is 5.91 Å². The number of hydrogen-bond acceptors (Lipinski definition) is 3. The number of halogens is 1. The van der Waals surface area contributed by atoms with Gasteiger partial charge in [0.1, 0.15) is 5.82 Å². The molecular weight excluding hydrogens is 295 g/mol. The lowest BCUT2D eigenvalue weighted by Gasteiger charge is -2.23. The number of morpholine rings is 1. The van der Waals surface area contributed by atoms with Crippen LogP contribution in [0.5, 0.6) is 0 Å². The summed E-state index contributed by atoms with van der Waals surface area (Å²) in [7, 11) is 0. The number of hydrogen-bond donors (Lipinski definition) is 2. The SMILES string of the molecule is O=C(C[C@H]1COCCN1)Nc1cccc(-c2cccc(F)c2)c1. The molecule has 2 aromatic carbocycles. The minimum atomic E-state index is -0.277. The molecule has 1 aliphatic rings. The van der Waals surface area contributed by atoms with E-state index in [9.17, 15) is 9.18 Å². The van der Waals surface area contributed by atoms with Crippen LogP contribution in [0.25, 0.3) is 11.1 Å². The number of rotatable bonds is 4. The van der Waals surface area contributed by atoms with E-state index >= 15 is 0 Å². The van der Waals surface area contributed by atoms with Crippen LogP contribution in [0, 0.1) is 5.82 Å². The predicted molar refractivity (Wildman–Crippen MR) is 87.7 cm³/mol. The van der Waals surface area contributed by atoms with Crippen molar-refractivity contribution in [2.75, 3.05) is 25.1 Å². The van der Waals surface area contributed by atoms with Gasteiger partial charge in [-0.05, 0) is 35.4 Å². The smallest absolute Gasteiger partial charge is 0.226 e. The molecule has 0 bridgehead atoms. The highest BCUT2D eigenvalue weighted by Gasteiger charge is 2.16. The van der Waals surface area contributed by atoms with Crippen LogP contribution >= 0.6 is 0 Å². The van der Waals surface area contributed by atoms with E-state index in [0.29, 0.717) is 25.3 Å². The summed E-state index contributed by atoms with van der Waals surface area (Å²) in [5, 5.41) is 6.14. The van der Waals surface area contributed by atoms with Crippen molar-refractivity contribution in [3.63, 3.8) is 0 Å². The second-order valence-electron chi connectivity index (χ2n) is 5.57. The largest absolute Gasteiger partial charge is 0.378 e. The Kier molecular flexibility index (Phi) is 5.00. The molecule has 23 heavy (non-hydrogen) atoms. The number of benzene rings is 2. The van der Waals surface area contributed by atoms with Crippen LogP contribution in [-0.4, -0.2) is 31.7 Å². The van der Waals surface area contributed by atoms with E-state index in [1.807, 2.05) is 30.3 Å². The van der Waals surface area contributed by atoms with Gasteiger partial charge in [-0.25, -0.2) is 4.39 Å². The van der Waals surface area contributed by atoms with Gasteiger partial charge < -0.3 is 15.4 Å². The zero-order chi connectivity index (χ0) is 16.1. The number of carbonyl (C=O) groups is 1. The molecule has 2 N–H and O–H groups in total. The van der Waals surface area contributed by atoms with Crippen LogP contribution in [0.1, 0.15) is 6.42 Å². The zero-order valence-electron chi connectivity index (χ0n) is 12.7. The van der Waals surface area contributed by atoms with Crippen LogP contribution in [0.2, 0.25) is 0 Å². The molecule has 0 unspecified atom stereocenters. The molecule has 1 saturated heterocycles. The summed E-state index contributed by atoms with van der Waals surface area (Å²) < 4.78 is 18.7. The van der Waals surface area contributed by atoms with Gasteiger partial charge in [0.05, 0.1) is 13.2 Å². The van der Waals surface area contributed by atoms with Crippen molar-refractivity contribution >= 4 is 11.6 Å². The van der Waals surface area contributed by atoms with Crippen molar-refractivity contribution in [3.8, 4) is 11.1 Å². The molecule has 1 amide bonds. The average Bonchev–Trinajstić information content (AvgIpc) is 2.56. The Hall–Kier alpha value is -2.24. The molecule has 0 radical (unpaired) electrons. The topological polar surface area (TPSA) is 50.4 Å². The molecule has 3 rings (SSSR count). The summed E-state index contributed by atoms with van der Waals surface area (Å²) >= 11 is 0. The lowest BCUT2D eigenvalue weighted by atomic mass is 10.0. The maximum Gasteiger partial charge on any atom is 0.226 e. The molecule has 1 aliphatic heterocycles. The molecule has 0 saturated carbocycles. The molecular formula is C18H19FN2O2. The molecule has 1 heterocycles. The van der Waals surface area contributed by atoms with Crippen LogP contribution < -0.4 is 10.6 Å². The fourth-order valence-electron chi connectivity index (χ4n) is 2.63. The van der Waals surface area contributed by atoms with E-state index in [-0.39, 0.29) is 17.8 Å². The number of carbonyl (C=O) groups excluding carboxylic acids is 1. The molecule has 2 aromatic rings. The van der Waals surface area contributed by atoms with E-state index in [0.717, 1.165) is 17.7 Å². The molecule has 4 nitrogen and oxygen atoms in total. The van der Waals surface area contributed by atoms with E-state index in [2.05, 4.69) is 10.6 Å². The zero-order valence-corrected chi connectivity index (χ0v) is 12.7. The van der Waals surface area contributed by atoms with Gasteiger partial charge >= 0.3 is 0 Å². The van der Waals surface area contributed by atoms with Crippen LogP contribution in [0.3, 0.4) is 0 Å². The van der Waals surface area contributed by atoms with Gasteiger partial charge in [0, 0.05) is 24.7 Å². The summed E-state index contributed by atoms with van der Waals surface area (Å²) in [6.45, 7) is 2.01. The van der Waals surface area contributed by atoms with E-state index in [1.165, 1.54) is 12.1 Å². The Morgan fingerprint density at radius 2 is 2.00 bits per heavy atom. The maximum absolute atomic E-state index is 13.3. The first kappa shape index (κ1) is 15.6. The minimum absolute atomic E-state index is 0.0511. The van der Waals surface area contributed by atoms with Gasteiger partial charge in [0.15, 0.2) is 0 Å². The first-order valence-electron chi connectivity index (χ1n) is 7.68. The number of nitrogens with one attached hydrogen (secondary N) is 2. The molecule has 1 atom stereocenters. The van der Waals surface area contributed by atoms with Crippen molar-refractivity contribution in [3.05, 3.63) is 54.3 Å². The quantitative estimate of drug-likeness (QED) is 0.912. The van der Waals surface area contributed by atoms with E-state index in [4.69, 9.17) is 4.74 Å². The molecule has 5 heteroatoms. The maximum atomic E-state index is 13.3. The van der Waals surface area contributed by atoms with Gasteiger partial charge in [-0.3, -0.25) is 4.79 Å². The van der Waals surface area contributed by atoms with Crippen molar-refractivity contribution < 1.29 is 13.9 Å². The average molecular weight is 314 g/mol.